The van der Waals surface area contributed by atoms with Crippen LogP contribution in [0, 0.1) is 12.8 Å². The first-order chi connectivity index (χ1) is 7.16. The van der Waals surface area contributed by atoms with E-state index in [-0.39, 0.29) is 0 Å². The summed E-state index contributed by atoms with van der Waals surface area (Å²) in [6, 6.07) is 2.10. The van der Waals surface area contributed by atoms with Crippen molar-refractivity contribution in [2.75, 3.05) is 0 Å². The Kier molecular flexibility index (Phi) is 2.89. The number of aryl methyl sites for hydroxylation is 3. The van der Waals surface area contributed by atoms with Gasteiger partial charge in [0, 0.05) is 25.1 Å². The van der Waals surface area contributed by atoms with Crippen LogP contribution in [0.5, 0.6) is 0 Å². The highest BCUT2D eigenvalue weighted by Gasteiger charge is 2.28. The monoisotopic (exact) mass is 206 g/mol. The molecule has 0 aromatic carbocycles. The third-order valence-corrected chi connectivity index (χ3v) is 2.99. The molecular weight excluding hydrogens is 188 g/mol. The highest BCUT2D eigenvalue weighted by Crippen LogP contribution is 2.31. The van der Waals surface area contributed by atoms with Crippen molar-refractivity contribution in [3.05, 3.63) is 17.5 Å². The lowest BCUT2D eigenvalue weighted by Crippen LogP contribution is -2.03. The number of carbonyl (C=O) groups excluding carboxylic acids is 1. The Hall–Kier alpha value is -1.12. The van der Waals surface area contributed by atoms with Crippen LogP contribution in [0.2, 0.25) is 0 Å². The lowest BCUT2D eigenvalue weighted by molar-refractivity contribution is -0.120. The van der Waals surface area contributed by atoms with Crippen LogP contribution >= 0.6 is 0 Å². The second-order valence-corrected chi connectivity index (χ2v) is 4.49. The summed E-state index contributed by atoms with van der Waals surface area (Å²) in [6.07, 6.45) is 4.94. The largest absolute Gasteiger partial charge is 0.299 e. The number of nitrogens with zero attached hydrogens (tertiary/aromatic N) is 2. The lowest BCUT2D eigenvalue weighted by Gasteiger charge is -2.00. The molecule has 3 nitrogen and oxygen atoms in total. The van der Waals surface area contributed by atoms with Crippen LogP contribution in [-0.4, -0.2) is 15.6 Å². The van der Waals surface area contributed by atoms with Crippen LogP contribution in [0.3, 0.4) is 0 Å². The first-order valence-corrected chi connectivity index (χ1v) is 5.69. The Morgan fingerprint density at radius 2 is 2.33 bits per heavy atom. The average Bonchev–Trinajstić information content (AvgIpc) is 2.94. The van der Waals surface area contributed by atoms with Crippen molar-refractivity contribution in [3.8, 4) is 0 Å². The van der Waals surface area contributed by atoms with Gasteiger partial charge >= 0.3 is 0 Å². The summed E-state index contributed by atoms with van der Waals surface area (Å²) in [4.78, 5) is 11.5. The van der Waals surface area contributed by atoms with E-state index in [1.54, 1.807) is 0 Å². The van der Waals surface area contributed by atoms with E-state index in [0.29, 0.717) is 11.7 Å². The van der Waals surface area contributed by atoms with Gasteiger partial charge in [-0.15, -0.1) is 0 Å². The predicted molar refractivity (Wildman–Crippen MR) is 58.6 cm³/mol. The van der Waals surface area contributed by atoms with Gasteiger partial charge in [-0.1, -0.05) is 0 Å². The molecule has 0 radical (unpaired) electrons. The minimum atomic E-state index is 0.415. The van der Waals surface area contributed by atoms with E-state index in [4.69, 9.17) is 0 Å². The molecule has 1 heterocycles. The fraction of sp³-hybridized carbons (Fsp3) is 0.667. The Morgan fingerprint density at radius 3 is 2.87 bits per heavy atom. The first kappa shape index (κ1) is 10.4. The van der Waals surface area contributed by atoms with Crippen molar-refractivity contribution in [2.45, 2.75) is 39.0 Å². The molecule has 0 aliphatic heterocycles. The molecule has 1 aliphatic rings. The van der Waals surface area contributed by atoms with E-state index < -0.39 is 0 Å². The summed E-state index contributed by atoms with van der Waals surface area (Å²) in [5, 5.41) is 4.29. The molecule has 1 aromatic heterocycles. The maximum atomic E-state index is 11.5. The topological polar surface area (TPSA) is 34.9 Å². The minimum absolute atomic E-state index is 0.415. The zero-order valence-electron chi connectivity index (χ0n) is 9.49. The van der Waals surface area contributed by atoms with Crippen molar-refractivity contribution in [1.82, 2.24) is 9.78 Å². The molecule has 3 heteroatoms. The number of aromatic nitrogens is 2. The van der Waals surface area contributed by atoms with Crippen LogP contribution in [0.4, 0.5) is 0 Å². The van der Waals surface area contributed by atoms with E-state index in [1.807, 2.05) is 18.7 Å². The third-order valence-electron chi connectivity index (χ3n) is 2.99. The van der Waals surface area contributed by atoms with Crippen molar-refractivity contribution in [3.63, 3.8) is 0 Å². The van der Waals surface area contributed by atoms with Crippen molar-refractivity contribution in [2.24, 2.45) is 13.0 Å². The summed E-state index contributed by atoms with van der Waals surface area (Å²) >= 11 is 0. The first-order valence-electron chi connectivity index (χ1n) is 5.69. The molecule has 1 aliphatic carbocycles. The Labute approximate surface area is 90.5 Å². The van der Waals surface area contributed by atoms with Gasteiger partial charge in [-0.2, -0.15) is 5.10 Å². The smallest absolute Gasteiger partial charge is 0.135 e. The normalized spacial score (nSPS) is 15.6. The number of ketones is 1. The van der Waals surface area contributed by atoms with Gasteiger partial charge in [-0.3, -0.25) is 9.48 Å². The van der Waals surface area contributed by atoms with Gasteiger partial charge < -0.3 is 0 Å². The number of Topliss-reactive ketones (excluding diaryl/α,β-unsaturated/α-hetero) is 1. The number of hydrogen-bond donors (Lipinski definition) is 0. The lowest BCUT2D eigenvalue weighted by atomic mass is 10.1. The van der Waals surface area contributed by atoms with Gasteiger partial charge in [0.2, 0.25) is 0 Å². The standard InChI is InChI=1S/C12H18N2O/c1-9-8-11(14(2)13-9)4-3-5-12(15)10-6-7-10/h8,10H,3-7H2,1-2H3. The Morgan fingerprint density at radius 1 is 1.60 bits per heavy atom. The van der Waals surface area contributed by atoms with Gasteiger partial charge in [0.15, 0.2) is 0 Å². The zero-order chi connectivity index (χ0) is 10.8. The van der Waals surface area contributed by atoms with Crippen molar-refractivity contribution < 1.29 is 4.79 Å². The van der Waals surface area contributed by atoms with Crippen LogP contribution in [0.25, 0.3) is 0 Å². The molecule has 0 saturated heterocycles. The molecule has 0 amide bonds. The fourth-order valence-corrected chi connectivity index (χ4v) is 1.95. The van der Waals surface area contributed by atoms with Crippen LogP contribution in [0.15, 0.2) is 6.07 Å². The van der Waals surface area contributed by atoms with Gasteiger partial charge in [0.1, 0.15) is 5.78 Å². The third kappa shape index (κ3) is 2.67. The number of carbonyl (C=O) groups is 1. The zero-order valence-corrected chi connectivity index (χ0v) is 9.49. The molecule has 0 N–H and O–H groups in total. The van der Waals surface area contributed by atoms with Gasteiger partial charge in [0.05, 0.1) is 5.69 Å². The van der Waals surface area contributed by atoms with Gasteiger partial charge in [-0.05, 0) is 38.7 Å². The highest BCUT2D eigenvalue weighted by molar-refractivity contribution is 5.83. The maximum Gasteiger partial charge on any atom is 0.135 e. The molecule has 1 fully saturated rings. The predicted octanol–water partition coefficient (Wildman–Crippen LogP) is 2.03. The molecule has 82 valence electrons. The molecule has 15 heavy (non-hydrogen) atoms. The SMILES string of the molecule is Cc1cc(CCCC(=O)C2CC2)n(C)n1. The quantitative estimate of drug-likeness (QED) is 0.739. The highest BCUT2D eigenvalue weighted by atomic mass is 16.1. The van der Waals surface area contributed by atoms with Crippen LogP contribution in [0.1, 0.15) is 37.1 Å². The molecule has 2 rings (SSSR count). The summed E-state index contributed by atoms with van der Waals surface area (Å²) < 4.78 is 1.91. The maximum absolute atomic E-state index is 11.5. The average molecular weight is 206 g/mol. The van der Waals surface area contributed by atoms with E-state index in [9.17, 15) is 4.79 Å². The summed E-state index contributed by atoms with van der Waals surface area (Å²) in [5.74, 6) is 0.882. The molecule has 1 saturated carbocycles. The molecule has 0 bridgehead atoms. The molecule has 0 unspecified atom stereocenters. The van der Waals surface area contributed by atoms with Crippen molar-refractivity contribution in [1.29, 1.82) is 0 Å². The number of rotatable bonds is 5. The Bertz CT molecular complexity index is 364. The summed E-state index contributed by atoms with van der Waals surface area (Å²) in [5.41, 5.74) is 2.29. The van der Waals surface area contributed by atoms with Crippen LogP contribution < -0.4 is 0 Å². The number of hydrogen-bond acceptors (Lipinski definition) is 2. The van der Waals surface area contributed by atoms with E-state index in [1.165, 1.54) is 5.69 Å². The molecular formula is C12H18N2O. The van der Waals surface area contributed by atoms with E-state index in [2.05, 4.69) is 11.2 Å². The summed E-state index contributed by atoms with van der Waals surface area (Å²) in [6.45, 7) is 2.00. The van der Waals surface area contributed by atoms with Gasteiger partial charge in [-0.25, -0.2) is 0 Å². The van der Waals surface area contributed by atoms with Crippen molar-refractivity contribution >= 4 is 5.78 Å². The second-order valence-electron chi connectivity index (χ2n) is 4.49. The Balaban J connectivity index is 1.77. The van der Waals surface area contributed by atoms with E-state index in [0.717, 1.165) is 37.8 Å². The van der Waals surface area contributed by atoms with Gasteiger partial charge in [0.25, 0.3) is 0 Å². The van der Waals surface area contributed by atoms with Crippen LogP contribution in [-0.2, 0) is 18.3 Å². The molecule has 0 atom stereocenters. The summed E-state index contributed by atoms with van der Waals surface area (Å²) in [7, 11) is 1.96. The second kappa shape index (κ2) is 4.17. The van der Waals surface area contributed by atoms with E-state index >= 15 is 0 Å². The fourth-order valence-electron chi connectivity index (χ4n) is 1.95. The minimum Gasteiger partial charge on any atom is -0.299 e. The molecule has 1 aromatic rings. The molecule has 0 spiro atoms.